The Balaban J connectivity index is 1.49. The van der Waals surface area contributed by atoms with Crippen LogP contribution >= 0.6 is 0 Å². The molecule has 0 spiro atoms. The van der Waals surface area contributed by atoms with Crippen molar-refractivity contribution in [1.29, 1.82) is 0 Å². The Labute approximate surface area is 160 Å². The molecule has 2 aromatic rings. The highest BCUT2D eigenvalue weighted by atomic mass is 16.6. The molecule has 0 unspecified atom stereocenters. The number of aliphatic hydroxyl groups is 1. The quantitative estimate of drug-likeness (QED) is 0.904. The van der Waals surface area contributed by atoms with E-state index >= 15 is 0 Å². The van der Waals surface area contributed by atoms with Crippen molar-refractivity contribution in [1.82, 2.24) is 9.80 Å². The lowest BCUT2D eigenvalue weighted by Gasteiger charge is -2.39. The molecule has 0 aromatic heterocycles. The highest BCUT2D eigenvalue weighted by Crippen LogP contribution is 2.44. The molecule has 27 heavy (non-hydrogen) atoms. The van der Waals surface area contributed by atoms with Gasteiger partial charge in [-0.1, -0.05) is 48.5 Å². The topological polar surface area (TPSA) is 53.0 Å². The van der Waals surface area contributed by atoms with E-state index in [4.69, 9.17) is 4.74 Å². The number of ether oxygens (including phenoxy) is 1. The van der Waals surface area contributed by atoms with Gasteiger partial charge >= 0.3 is 6.09 Å². The van der Waals surface area contributed by atoms with Crippen molar-refractivity contribution in [3.8, 4) is 11.1 Å². The Hall–Kier alpha value is -2.37. The summed E-state index contributed by atoms with van der Waals surface area (Å²) in [5, 5.41) is 9.33. The van der Waals surface area contributed by atoms with E-state index in [2.05, 4.69) is 29.2 Å². The molecular formula is C22H26N2O3. The standard InChI is InChI=1S/C22H26N2O3/c1-23-11-12-24(16(14-23)10-13-25)22(26)27-15-21-19-8-4-2-6-17(19)18-7-3-5-9-20(18)21/h2-9,16,21,25H,10-15H2,1H3/t16-/m0/s1. The fourth-order valence-electron chi connectivity index (χ4n) is 4.32. The SMILES string of the molecule is CN1CCN(C(=O)OCC2c3ccccc3-c3ccccc32)[C@@H](CCO)C1. The first-order chi connectivity index (χ1) is 13.2. The maximum absolute atomic E-state index is 12.8. The minimum Gasteiger partial charge on any atom is -0.448 e. The number of aliphatic hydroxyl groups excluding tert-OH is 1. The van der Waals surface area contributed by atoms with Gasteiger partial charge in [-0.2, -0.15) is 0 Å². The molecule has 1 saturated heterocycles. The van der Waals surface area contributed by atoms with Crippen LogP contribution in [-0.4, -0.2) is 66.9 Å². The van der Waals surface area contributed by atoms with E-state index in [-0.39, 0.29) is 24.7 Å². The molecule has 1 amide bonds. The van der Waals surface area contributed by atoms with Crippen LogP contribution in [0.15, 0.2) is 48.5 Å². The van der Waals surface area contributed by atoms with Gasteiger partial charge in [-0.25, -0.2) is 4.79 Å². The van der Waals surface area contributed by atoms with Crippen LogP contribution < -0.4 is 0 Å². The van der Waals surface area contributed by atoms with Gasteiger partial charge < -0.3 is 19.6 Å². The van der Waals surface area contributed by atoms with E-state index in [1.807, 2.05) is 31.3 Å². The number of likely N-dealkylation sites (N-methyl/N-ethyl adjacent to an activating group) is 1. The van der Waals surface area contributed by atoms with Gasteiger partial charge in [-0.15, -0.1) is 0 Å². The average Bonchev–Trinajstić information content (AvgIpc) is 3.00. The van der Waals surface area contributed by atoms with Crippen LogP contribution in [0.25, 0.3) is 11.1 Å². The van der Waals surface area contributed by atoms with E-state index < -0.39 is 0 Å². The van der Waals surface area contributed by atoms with Gasteiger partial charge in [0.05, 0.1) is 0 Å². The zero-order valence-corrected chi connectivity index (χ0v) is 15.7. The summed E-state index contributed by atoms with van der Waals surface area (Å²) in [4.78, 5) is 16.7. The fraction of sp³-hybridized carbons (Fsp3) is 0.409. The number of rotatable bonds is 4. The zero-order chi connectivity index (χ0) is 18.8. The highest BCUT2D eigenvalue weighted by Gasteiger charge is 2.32. The Kier molecular flexibility index (Phi) is 5.14. The van der Waals surface area contributed by atoms with Crippen molar-refractivity contribution in [2.75, 3.05) is 39.9 Å². The van der Waals surface area contributed by atoms with Gasteiger partial charge in [-0.3, -0.25) is 0 Å². The van der Waals surface area contributed by atoms with Crippen LogP contribution in [0.2, 0.25) is 0 Å². The monoisotopic (exact) mass is 366 g/mol. The minimum absolute atomic E-state index is 0.00407. The summed E-state index contributed by atoms with van der Waals surface area (Å²) < 4.78 is 5.78. The molecule has 1 N–H and O–H groups in total. The number of amides is 1. The maximum Gasteiger partial charge on any atom is 0.410 e. The second kappa shape index (κ2) is 7.71. The van der Waals surface area contributed by atoms with Gasteiger partial charge in [0.1, 0.15) is 6.61 Å². The lowest BCUT2D eigenvalue weighted by Crippen LogP contribution is -2.54. The predicted octanol–water partition coefficient (Wildman–Crippen LogP) is 2.93. The number of carbonyl (C=O) groups excluding carboxylic acids is 1. The molecule has 1 fully saturated rings. The fourth-order valence-corrected chi connectivity index (χ4v) is 4.32. The number of nitrogens with zero attached hydrogens (tertiary/aromatic N) is 2. The van der Waals surface area contributed by atoms with E-state index in [1.165, 1.54) is 22.3 Å². The molecule has 1 aliphatic heterocycles. The third kappa shape index (κ3) is 3.45. The summed E-state index contributed by atoms with van der Waals surface area (Å²) in [6.45, 7) is 2.64. The van der Waals surface area contributed by atoms with Crippen LogP contribution in [0.1, 0.15) is 23.5 Å². The molecule has 1 heterocycles. The summed E-state index contributed by atoms with van der Waals surface area (Å²) in [6, 6.07) is 16.7. The maximum atomic E-state index is 12.8. The number of hydrogen-bond acceptors (Lipinski definition) is 4. The smallest absolute Gasteiger partial charge is 0.410 e. The average molecular weight is 366 g/mol. The molecule has 142 valence electrons. The predicted molar refractivity (Wildman–Crippen MR) is 105 cm³/mol. The normalized spacial score (nSPS) is 19.6. The first-order valence-electron chi connectivity index (χ1n) is 9.60. The highest BCUT2D eigenvalue weighted by molar-refractivity contribution is 5.79. The molecule has 4 rings (SSSR count). The van der Waals surface area contributed by atoms with Gasteiger partial charge in [0.2, 0.25) is 0 Å². The molecular weight excluding hydrogens is 340 g/mol. The molecule has 0 radical (unpaired) electrons. The van der Waals surface area contributed by atoms with Gasteiger partial charge in [0.25, 0.3) is 0 Å². The van der Waals surface area contributed by atoms with Crippen molar-refractivity contribution < 1.29 is 14.6 Å². The van der Waals surface area contributed by atoms with Crippen LogP contribution in [-0.2, 0) is 4.74 Å². The summed E-state index contributed by atoms with van der Waals surface area (Å²) in [6.07, 6.45) is 0.303. The largest absolute Gasteiger partial charge is 0.448 e. The molecule has 2 aliphatic rings. The second-order valence-electron chi connectivity index (χ2n) is 7.43. The van der Waals surface area contributed by atoms with Crippen LogP contribution in [0.3, 0.4) is 0 Å². The number of fused-ring (bicyclic) bond motifs is 3. The van der Waals surface area contributed by atoms with Crippen LogP contribution in [0, 0.1) is 0 Å². The molecule has 2 aromatic carbocycles. The third-order valence-electron chi connectivity index (χ3n) is 5.72. The summed E-state index contributed by atoms with van der Waals surface area (Å²) in [7, 11) is 2.04. The van der Waals surface area contributed by atoms with E-state index in [9.17, 15) is 9.90 Å². The number of benzene rings is 2. The van der Waals surface area contributed by atoms with Crippen molar-refractivity contribution in [2.45, 2.75) is 18.4 Å². The van der Waals surface area contributed by atoms with Gasteiger partial charge in [0.15, 0.2) is 0 Å². The first-order valence-corrected chi connectivity index (χ1v) is 9.60. The lowest BCUT2D eigenvalue weighted by molar-refractivity contribution is 0.0443. The summed E-state index contributed by atoms with van der Waals surface area (Å²) in [5.74, 6) is 0.0742. The lowest BCUT2D eigenvalue weighted by atomic mass is 9.98. The Morgan fingerprint density at radius 1 is 1.07 bits per heavy atom. The van der Waals surface area contributed by atoms with E-state index in [0.29, 0.717) is 19.6 Å². The Bertz CT molecular complexity index is 777. The Morgan fingerprint density at radius 2 is 1.70 bits per heavy atom. The first kappa shape index (κ1) is 18.0. The Morgan fingerprint density at radius 3 is 2.33 bits per heavy atom. The minimum atomic E-state index is -0.275. The number of carbonyl (C=O) groups is 1. The van der Waals surface area contributed by atoms with Crippen molar-refractivity contribution in [2.24, 2.45) is 0 Å². The second-order valence-corrected chi connectivity index (χ2v) is 7.43. The summed E-state index contributed by atoms with van der Waals surface area (Å²) >= 11 is 0. The van der Waals surface area contributed by atoms with Crippen molar-refractivity contribution in [3.05, 3.63) is 59.7 Å². The molecule has 0 bridgehead atoms. The molecule has 5 heteroatoms. The van der Waals surface area contributed by atoms with E-state index in [0.717, 1.165) is 13.1 Å². The van der Waals surface area contributed by atoms with Gasteiger partial charge in [0, 0.05) is 38.2 Å². The molecule has 0 saturated carbocycles. The summed E-state index contributed by atoms with van der Waals surface area (Å²) in [5.41, 5.74) is 4.90. The third-order valence-corrected chi connectivity index (χ3v) is 5.72. The number of hydrogen-bond donors (Lipinski definition) is 1. The molecule has 1 aliphatic carbocycles. The molecule has 1 atom stereocenters. The van der Waals surface area contributed by atoms with Gasteiger partial charge in [-0.05, 0) is 35.7 Å². The van der Waals surface area contributed by atoms with Crippen molar-refractivity contribution in [3.63, 3.8) is 0 Å². The van der Waals surface area contributed by atoms with E-state index in [1.54, 1.807) is 4.90 Å². The zero-order valence-electron chi connectivity index (χ0n) is 15.7. The van der Waals surface area contributed by atoms with Crippen molar-refractivity contribution >= 4 is 6.09 Å². The number of piperazine rings is 1. The van der Waals surface area contributed by atoms with Crippen LogP contribution in [0.5, 0.6) is 0 Å². The molecule has 5 nitrogen and oxygen atoms in total. The van der Waals surface area contributed by atoms with Crippen LogP contribution in [0.4, 0.5) is 4.79 Å².